The summed E-state index contributed by atoms with van der Waals surface area (Å²) in [5, 5.41) is 0.897. The largest absolute Gasteiger partial charge is 0.365 e. The maximum absolute atomic E-state index is 12.7. The van der Waals surface area contributed by atoms with Crippen LogP contribution in [0.4, 0.5) is 5.69 Å². The molecule has 2 saturated heterocycles. The molecule has 0 aromatic heterocycles. The van der Waals surface area contributed by atoms with Crippen molar-refractivity contribution in [1.82, 2.24) is 4.90 Å². The zero-order valence-electron chi connectivity index (χ0n) is 12.5. The number of anilines is 1. The van der Waals surface area contributed by atoms with Gasteiger partial charge in [0.05, 0.1) is 16.1 Å². The quantitative estimate of drug-likeness (QED) is 0.817. The van der Waals surface area contributed by atoms with Gasteiger partial charge in [0, 0.05) is 30.4 Å². The molecule has 5 heteroatoms. The van der Waals surface area contributed by atoms with Crippen molar-refractivity contribution in [2.24, 2.45) is 0 Å². The second-order valence-corrected chi connectivity index (χ2v) is 6.93. The number of piperazine rings is 1. The molecule has 23 heavy (non-hydrogen) atoms. The highest BCUT2D eigenvalue weighted by Gasteiger charge is 2.45. The molecular formula is C18H16Cl2N2O. The standard InChI is InChI=1S/C18H16Cl2N2O/c19-16-7-6-12(8-17(16)20)18(23)22-11-14-9-15(22)10-21(14)13-4-2-1-3-5-13/h1-8,14-15H,9-11H2/t14-,15-/m0/s1. The molecule has 2 aromatic carbocycles. The number of hydrogen-bond donors (Lipinski definition) is 0. The van der Waals surface area contributed by atoms with Crippen molar-refractivity contribution in [2.75, 3.05) is 18.0 Å². The van der Waals surface area contributed by atoms with Crippen LogP contribution in [0.3, 0.4) is 0 Å². The van der Waals surface area contributed by atoms with Crippen molar-refractivity contribution in [3.8, 4) is 0 Å². The van der Waals surface area contributed by atoms with Crippen molar-refractivity contribution >= 4 is 34.8 Å². The van der Waals surface area contributed by atoms with Crippen LogP contribution in [-0.4, -0.2) is 36.0 Å². The van der Waals surface area contributed by atoms with Crippen molar-refractivity contribution < 1.29 is 4.79 Å². The van der Waals surface area contributed by atoms with Gasteiger partial charge >= 0.3 is 0 Å². The van der Waals surface area contributed by atoms with Gasteiger partial charge in [0.1, 0.15) is 0 Å². The Morgan fingerprint density at radius 2 is 1.74 bits per heavy atom. The van der Waals surface area contributed by atoms with Crippen LogP contribution < -0.4 is 4.90 Å². The third-order valence-corrected chi connectivity index (χ3v) is 5.49. The zero-order valence-corrected chi connectivity index (χ0v) is 14.0. The zero-order chi connectivity index (χ0) is 16.0. The van der Waals surface area contributed by atoms with Gasteiger partial charge in [0.15, 0.2) is 0 Å². The summed E-state index contributed by atoms with van der Waals surface area (Å²) in [6, 6.07) is 16.2. The molecule has 0 aliphatic carbocycles. The number of halogens is 2. The Labute approximate surface area is 145 Å². The maximum Gasteiger partial charge on any atom is 0.254 e. The topological polar surface area (TPSA) is 23.6 Å². The first-order valence-electron chi connectivity index (χ1n) is 7.71. The predicted octanol–water partition coefficient (Wildman–Crippen LogP) is 4.10. The highest BCUT2D eigenvalue weighted by molar-refractivity contribution is 6.42. The number of amides is 1. The third kappa shape index (κ3) is 2.58. The second kappa shape index (κ2) is 5.73. The Balaban J connectivity index is 1.51. The minimum atomic E-state index is 0.0452. The van der Waals surface area contributed by atoms with E-state index in [0.717, 1.165) is 19.5 Å². The number of likely N-dealkylation sites (tertiary alicyclic amines) is 1. The van der Waals surface area contributed by atoms with Crippen molar-refractivity contribution in [3.63, 3.8) is 0 Å². The van der Waals surface area contributed by atoms with Gasteiger partial charge in [-0.05, 0) is 36.8 Å². The molecule has 4 rings (SSSR count). The molecule has 0 radical (unpaired) electrons. The molecule has 2 bridgehead atoms. The van der Waals surface area contributed by atoms with Gasteiger partial charge in [-0.15, -0.1) is 0 Å². The van der Waals surface area contributed by atoms with E-state index in [2.05, 4.69) is 29.2 Å². The number of benzene rings is 2. The van der Waals surface area contributed by atoms with Crippen molar-refractivity contribution in [2.45, 2.75) is 18.5 Å². The molecule has 0 spiro atoms. The molecule has 2 aromatic rings. The van der Waals surface area contributed by atoms with Crippen LogP contribution in [-0.2, 0) is 0 Å². The van der Waals surface area contributed by atoms with E-state index in [1.807, 2.05) is 11.0 Å². The first-order valence-corrected chi connectivity index (χ1v) is 8.47. The molecule has 2 aliphatic heterocycles. The summed E-state index contributed by atoms with van der Waals surface area (Å²) >= 11 is 12.0. The molecule has 2 aliphatic rings. The molecule has 0 saturated carbocycles. The van der Waals surface area contributed by atoms with Crippen molar-refractivity contribution in [1.29, 1.82) is 0 Å². The van der Waals surface area contributed by atoms with Gasteiger partial charge in [-0.2, -0.15) is 0 Å². The lowest BCUT2D eigenvalue weighted by molar-refractivity contribution is 0.0725. The van der Waals surface area contributed by atoms with E-state index in [-0.39, 0.29) is 11.9 Å². The number of nitrogens with zero attached hydrogens (tertiary/aromatic N) is 2. The van der Waals surface area contributed by atoms with E-state index in [0.29, 0.717) is 21.7 Å². The van der Waals surface area contributed by atoms with E-state index in [4.69, 9.17) is 23.2 Å². The van der Waals surface area contributed by atoms with Gasteiger partial charge in [-0.3, -0.25) is 4.79 Å². The van der Waals surface area contributed by atoms with Gasteiger partial charge in [0.2, 0.25) is 0 Å². The molecule has 3 nitrogen and oxygen atoms in total. The average molecular weight is 347 g/mol. The number of hydrogen-bond acceptors (Lipinski definition) is 2. The summed E-state index contributed by atoms with van der Waals surface area (Å²) in [6.07, 6.45) is 1.03. The Morgan fingerprint density at radius 3 is 2.39 bits per heavy atom. The lowest BCUT2D eigenvalue weighted by Crippen LogP contribution is -2.48. The van der Waals surface area contributed by atoms with Gasteiger partial charge in [-0.25, -0.2) is 0 Å². The van der Waals surface area contributed by atoms with Crippen LogP contribution in [0.2, 0.25) is 10.0 Å². The van der Waals surface area contributed by atoms with E-state index in [9.17, 15) is 4.79 Å². The minimum Gasteiger partial charge on any atom is -0.365 e. The number of rotatable bonds is 2. The summed E-state index contributed by atoms with van der Waals surface area (Å²) in [4.78, 5) is 17.1. The van der Waals surface area contributed by atoms with Crippen LogP contribution in [0.25, 0.3) is 0 Å². The van der Waals surface area contributed by atoms with E-state index >= 15 is 0 Å². The fourth-order valence-corrected chi connectivity index (χ4v) is 3.94. The first kappa shape index (κ1) is 14.9. The Kier molecular flexibility index (Phi) is 3.70. The number of fused-ring (bicyclic) bond motifs is 2. The number of carbonyl (C=O) groups excluding carboxylic acids is 1. The van der Waals surface area contributed by atoms with Crippen LogP contribution in [0.15, 0.2) is 48.5 Å². The van der Waals surface area contributed by atoms with Gasteiger partial charge in [-0.1, -0.05) is 41.4 Å². The van der Waals surface area contributed by atoms with Crippen LogP contribution >= 0.6 is 23.2 Å². The van der Waals surface area contributed by atoms with Gasteiger partial charge < -0.3 is 9.80 Å². The van der Waals surface area contributed by atoms with E-state index in [1.54, 1.807) is 18.2 Å². The molecule has 2 heterocycles. The molecule has 0 N–H and O–H groups in total. The van der Waals surface area contributed by atoms with Crippen LogP contribution in [0.1, 0.15) is 16.8 Å². The third-order valence-electron chi connectivity index (χ3n) is 4.76. The highest BCUT2D eigenvalue weighted by Crippen LogP contribution is 2.35. The smallest absolute Gasteiger partial charge is 0.254 e. The summed E-state index contributed by atoms with van der Waals surface area (Å²) in [6.45, 7) is 1.65. The molecule has 118 valence electrons. The normalized spacial score (nSPS) is 22.7. The van der Waals surface area contributed by atoms with Gasteiger partial charge in [0.25, 0.3) is 5.91 Å². The first-order chi connectivity index (χ1) is 11.1. The van der Waals surface area contributed by atoms with Crippen molar-refractivity contribution in [3.05, 3.63) is 64.1 Å². The molecule has 2 fully saturated rings. The number of carbonyl (C=O) groups is 1. The fourth-order valence-electron chi connectivity index (χ4n) is 3.65. The predicted molar refractivity (Wildman–Crippen MR) is 93.5 cm³/mol. The molecule has 2 atom stereocenters. The second-order valence-electron chi connectivity index (χ2n) is 6.12. The monoisotopic (exact) mass is 346 g/mol. The summed E-state index contributed by atoms with van der Waals surface area (Å²) < 4.78 is 0. The lowest BCUT2D eigenvalue weighted by Gasteiger charge is -2.35. The van der Waals surface area contributed by atoms with Crippen LogP contribution in [0, 0.1) is 0 Å². The molecular weight excluding hydrogens is 331 g/mol. The average Bonchev–Trinajstić information content (AvgIpc) is 3.18. The molecule has 1 amide bonds. The summed E-state index contributed by atoms with van der Waals surface area (Å²) in [5.41, 5.74) is 1.85. The Morgan fingerprint density at radius 1 is 0.957 bits per heavy atom. The lowest BCUT2D eigenvalue weighted by atomic mass is 10.1. The highest BCUT2D eigenvalue weighted by atomic mass is 35.5. The Bertz CT molecular complexity index is 750. The Hall–Kier alpha value is -1.71. The SMILES string of the molecule is O=C(c1ccc(Cl)c(Cl)c1)N1C[C@@H]2C[C@H]1CN2c1ccccc1. The number of para-hydroxylation sites is 1. The summed E-state index contributed by atoms with van der Waals surface area (Å²) in [5.74, 6) is 0.0452. The van der Waals surface area contributed by atoms with E-state index < -0.39 is 0 Å². The summed E-state index contributed by atoms with van der Waals surface area (Å²) in [7, 11) is 0. The van der Waals surface area contributed by atoms with E-state index in [1.165, 1.54) is 5.69 Å². The fraction of sp³-hybridized carbons (Fsp3) is 0.278. The minimum absolute atomic E-state index is 0.0452. The maximum atomic E-state index is 12.7. The van der Waals surface area contributed by atoms with Crippen LogP contribution in [0.5, 0.6) is 0 Å². The molecule has 0 unspecified atom stereocenters.